The summed E-state index contributed by atoms with van der Waals surface area (Å²) < 4.78 is 22.3. The van der Waals surface area contributed by atoms with Crippen molar-refractivity contribution in [1.82, 2.24) is 29.6 Å². The topological polar surface area (TPSA) is 113 Å². The number of nitriles is 1. The number of hydrogen-bond donors (Lipinski definition) is 0. The van der Waals surface area contributed by atoms with Crippen LogP contribution in [-0.2, 0) is 4.74 Å². The number of fused-ring (bicyclic) bond motifs is 1. The number of aromatic nitrogens is 5. The van der Waals surface area contributed by atoms with Crippen LogP contribution in [0.2, 0.25) is 0 Å². The van der Waals surface area contributed by atoms with E-state index < -0.39 is 5.60 Å². The van der Waals surface area contributed by atoms with E-state index in [4.69, 9.17) is 4.74 Å². The third kappa shape index (κ3) is 4.72. The molecule has 0 aliphatic carbocycles. The monoisotopic (exact) mass is 514 g/mol. The molecule has 1 saturated heterocycles. The summed E-state index contributed by atoms with van der Waals surface area (Å²) in [7, 11) is 0. The van der Waals surface area contributed by atoms with E-state index in [1.54, 1.807) is 39.9 Å². The summed E-state index contributed by atoms with van der Waals surface area (Å²) in [6, 6.07) is 10.1. The van der Waals surface area contributed by atoms with Gasteiger partial charge in [0, 0.05) is 49.1 Å². The molecule has 0 spiro atoms. The maximum atomic E-state index is 15.1. The van der Waals surface area contributed by atoms with E-state index in [9.17, 15) is 10.1 Å². The quantitative estimate of drug-likeness (QED) is 0.397. The first-order valence-electron chi connectivity index (χ1n) is 12.2. The summed E-state index contributed by atoms with van der Waals surface area (Å²) in [5.41, 5.74) is 1.22. The van der Waals surface area contributed by atoms with Gasteiger partial charge in [-0.15, -0.1) is 5.10 Å². The van der Waals surface area contributed by atoms with Gasteiger partial charge in [0.05, 0.1) is 17.1 Å². The fourth-order valence-electron chi connectivity index (χ4n) is 4.62. The van der Waals surface area contributed by atoms with Crippen molar-refractivity contribution in [2.45, 2.75) is 39.3 Å². The molecule has 1 amide bonds. The molecule has 11 heteroatoms. The van der Waals surface area contributed by atoms with Crippen molar-refractivity contribution in [3.05, 3.63) is 60.4 Å². The van der Waals surface area contributed by atoms with Gasteiger partial charge in [0.25, 0.3) is 0 Å². The molecule has 0 radical (unpaired) electrons. The summed E-state index contributed by atoms with van der Waals surface area (Å²) in [5, 5.41) is 18.1. The first kappa shape index (κ1) is 25.1. The zero-order valence-corrected chi connectivity index (χ0v) is 21.6. The molecule has 1 aliphatic rings. The Balaban J connectivity index is 1.62. The Hall–Kier alpha value is -4.59. The van der Waals surface area contributed by atoms with E-state index in [1.807, 2.05) is 27.7 Å². The van der Waals surface area contributed by atoms with Crippen molar-refractivity contribution in [1.29, 1.82) is 5.26 Å². The average molecular weight is 515 g/mol. The minimum atomic E-state index is -0.584. The summed E-state index contributed by atoms with van der Waals surface area (Å²) in [6.07, 6.45) is 4.21. The van der Waals surface area contributed by atoms with Crippen LogP contribution in [0.3, 0.4) is 0 Å². The van der Waals surface area contributed by atoms with Crippen molar-refractivity contribution in [2.24, 2.45) is 0 Å². The molecule has 0 bridgehead atoms. The Labute approximate surface area is 219 Å². The minimum Gasteiger partial charge on any atom is -0.444 e. The van der Waals surface area contributed by atoms with Crippen molar-refractivity contribution in [3.8, 4) is 23.0 Å². The molecule has 1 atom stereocenters. The second kappa shape index (κ2) is 9.70. The van der Waals surface area contributed by atoms with Gasteiger partial charge in [0.1, 0.15) is 29.6 Å². The van der Waals surface area contributed by atoms with Crippen LogP contribution in [0.4, 0.5) is 15.0 Å². The van der Waals surface area contributed by atoms with Crippen LogP contribution in [0, 0.1) is 17.1 Å². The van der Waals surface area contributed by atoms with Crippen molar-refractivity contribution in [3.63, 3.8) is 0 Å². The molecule has 10 nitrogen and oxygen atoms in total. The zero-order chi connectivity index (χ0) is 27.0. The van der Waals surface area contributed by atoms with E-state index in [0.29, 0.717) is 59.0 Å². The van der Waals surface area contributed by atoms with Gasteiger partial charge in [-0.05, 0) is 33.8 Å². The Morgan fingerprint density at radius 2 is 1.97 bits per heavy atom. The lowest BCUT2D eigenvalue weighted by molar-refractivity contribution is 0.0218. The van der Waals surface area contributed by atoms with Crippen LogP contribution in [-0.4, -0.2) is 67.0 Å². The van der Waals surface area contributed by atoms with Gasteiger partial charge in [-0.1, -0.05) is 18.2 Å². The Bertz CT molecular complexity index is 1550. The highest BCUT2D eigenvalue weighted by Gasteiger charge is 2.32. The maximum absolute atomic E-state index is 15.1. The Kier molecular flexibility index (Phi) is 6.40. The number of nitrogens with zero attached hydrogens (tertiary/aromatic N) is 8. The number of carbonyl (C=O) groups is 1. The van der Waals surface area contributed by atoms with E-state index in [1.165, 1.54) is 18.6 Å². The second-order valence-electron chi connectivity index (χ2n) is 10.2. The molecular formula is C27H27FN8O2. The highest BCUT2D eigenvalue weighted by molar-refractivity contribution is 6.02. The molecule has 4 heterocycles. The number of piperazine rings is 1. The first-order chi connectivity index (χ1) is 18.2. The molecule has 194 valence electrons. The van der Waals surface area contributed by atoms with E-state index in [2.05, 4.69) is 31.1 Å². The van der Waals surface area contributed by atoms with Crippen molar-refractivity contribution >= 4 is 22.9 Å². The highest BCUT2D eigenvalue weighted by Crippen LogP contribution is 2.38. The zero-order valence-electron chi connectivity index (χ0n) is 21.6. The van der Waals surface area contributed by atoms with Crippen LogP contribution >= 0.6 is 0 Å². The van der Waals surface area contributed by atoms with Crippen LogP contribution in [0.1, 0.15) is 33.3 Å². The molecule has 1 aromatic carbocycles. The van der Waals surface area contributed by atoms with E-state index in [-0.39, 0.29) is 18.0 Å². The average Bonchev–Trinajstić information content (AvgIpc) is 3.28. The van der Waals surface area contributed by atoms with Crippen LogP contribution in [0.15, 0.2) is 49.1 Å². The SMILES string of the molecule is C[C@H]1CN(C(=O)OC(C)(C)C)CCN1c1ncnc2c1c(-c1ccccc1F)cn2-c1cc(C#N)cnn1. The molecule has 0 N–H and O–H groups in total. The molecule has 38 heavy (non-hydrogen) atoms. The van der Waals surface area contributed by atoms with Gasteiger partial charge < -0.3 is 14.5 Å². The van der Waals surface area contributed by atoms with Gasteiger partial charge in [0.15, 0.2) is 11.5 Å². The molecular weight excluding hydrogens is 487 g/mol. The number of hydrogen-bond acceptors (Lipinski definition) is 8. The smallest absolute Gasteiger partial charge is 0.410 e. The second-order valence-corrected chi connectivity index (χ2v) is 10.2. The van der Waals surface area contributed by atoms with E-state index >= 15 is 4.39 Å². The minimum absolute atomic E-state index is 0.104. The predicted octanol–water partition coefficient (Wildman–Crippen LogP) is 4.33. The van der Waals surface area contributed by atoms with Gasteiger partial charge in [0.2, 0.25) is 0 Å². The largest absolute Gasteiger partial charge is 0.444 e. The van der Waals surface area contributed by atoms with Gasteiger partial charge in [-0.3, -0.25) is 4.57 Å². The van der Waals surface area contributed by atoms with Crippen LogP contribution < -0.4 is 4.90 Å². The number of ether oxygens (including phenoxy) is 1. The number of benzene rings is 1. The lowest BCUT2D eigenvalue weighted by Crippen LogP contribution is -2.54. The molecule has 3 aromatic heterocycles. The van der Waals surface area contributed by atoms with Gasteiger partial charge >= 0.3 is 6.09 Å². The maximum Gasteiger partial charge on any atom is 0.410 e. The number of halogens is 1. The molecule has 0 saturated carbocycles. The molecule has 4 aromatic rings. The summed E-state index contributed by atoms with van der Waals surface area (Å²) in [5.74, 6) is 0.609. The lowest BCUT2D eigenvalue weighted by Gasteiger charge is -2.41. The highest BCUT2D eigenvalue weighted by atomic mass is 19.1. The summed E-state index contributed by atoms with van der Waals surface area (Å²) >= 11 is 0. The molecule has 5 rings (SSSR count). The number of carbonyl (C=O) groups excluding carboxylic acids is 1. The summed E-state index contributed by atoms with van der Waals surface area (Å²) in [4.78, 5) is 25.6. The number of amides is 1. The predicted molar refractivity (Wildman–Crippen MR) is 139 cm³/mol. The van der Waals surface area contributed by atoms with Crippen LogP contribution in [0.25, 0.3) is 28.0 Å². The third-order valence-corrected chi connectivity index (χ3v) is 6.30. The Morgan fingerprint density at radius 3 is 2.68 bits per heavy atom. The number of anilines is 1. The van der Waals surface area contributed by atoms with Crippen molar-refractivity contribution < 1.29 is 13.9 Å². The van der Waals surface area contributed by atoms with Gasteiger partial charge in [-0.2, -0.15) is 10.4 Å². The van der Waals surface area contributed by atoms with Gasteiger partial charge in [-0.25, -0.2) is 19.2 Å². The summed E-state index contributed by atoms with van der Waals surface area (Å²) in [6.45, 7) is 8.90. The Morgan fingerprint density at radius 1 is 1.18 bits per heavy atom. The first-order valence-corrected chi connectivity index (χ1v) is 12.2. The molecule has 1 fully saturated rings. The normalized spacial score (nSPS) is 15.9. The van der Waals surface area contributed by atoms with Crippen LogP contribution in [0.5, 0.6) is 0 Å². The third-order valence-electron chi connectivity index (χ3n) is 6.30. The number of rotatable bonds is 3. The fraction of sp³-hybridized carbons (Fsp3) is 0.333. The molecule has 0 unspecified atom stereocenters. The lowest BCUT2D eigenvalue weighted by atomic mass is 10.0. The standard InChI is InChI=1S/C27H27FN8O2/c1-17-14-34(26(37)38-27(2,3)4)9-10-35(17)24-23-20(19-7-5-6-8-21(19)28)15-36(25(23)31-16-30-24)22-11-18(12-29)13-32-33-22/h5-8,11,13,15-17H,9-10,14H2,1-4H3/t17-/m0/s1. The molecule has 1 aliphatic heterocycles. The van der Waals surface area contributed by atoms with E-state index in [0.717, 1.165) is 0 Å². The van der Waals surface area contributed by atoms with Crippen molar-refractivity contribution in [2.75, 3.05) is 24.5 Å². The fourth-order valence-corrected chi connectivity index (χ4v) is 4.62.